The zero-order valence-electron chi connectivity index (χ0n) is 9.19. The van der Waals surface area contributed by atoms with Crippen molar-refractivity contribution in [1.82, 2.24) is 0 Å². The monoisotopic (exact) mass is 221 g/mol. The lowest BCUT2D eigenvalue weighted by atomic mass is 10.3. The summed E-state index contributed by atoms with van der Waals surface area (Å²) in [6.07, 6.45) is 3.11. The van der Waals surface area contributed by atoms with Gasteiger partial charge in [0.1, 0.15) is 7.11 Å². The largest absolute Gasteiger partial charge is 0.461 e. The van der Waals surface area contributed by atoms with Crippen LogP contribution < -0.4 is 15.6 Å². The molecular weight excluding hydrogens is 208 g/mol. The number of hydrogen-bond acceptors (Lipinski definition) is 4. The molecule has 1 heterocycles. The van der Waals surface area contributed by atoms with Crippen molar-refractivity contribution in [1.29, 1.82) is 0 Å². The number of methoxy groups -OCH3 is 1. The summed E-state index contributed by atoms with van der Waals surface area (Å²) in [5.74, 6) is -0.432. The first kappa shape index (κ1) is 11.9. The maximum absolute atomic E-state index is 11.3. The van der Waals surface area contributed by atoms with E-state index in [2.05, 4.69) is 26.3 Å². The number of H-pyrrole nitrogens is 1. The van der Waals surface area contributed by atoms with Gasteiger partial charge in [-0.2, -0.15) is 4.98 Å². The van der Waals surface area contributed by atoms with E-state index < -0.39 is 5.97 Å². The van der Waals surface area contributed by atoms with Gasteiger partial charge < -0.3 is 9.57 Å². The molecule has 0 saturated carbocycles. The lowest BCUT2D eigenvalue weighted by molar-refractivity contribution is -0.401. The number of oxime groups is 1. The molecule has 0 aliphatic heterocycles. The number of ether oxygens (including phenoxy) is 1. The Bertz CT molecular complexity index is 508. The molecule has 0 aromatic carbocycles. The molecule has 0 aliphatic carbocycles. The van der Waals surface area contributed by atoms with Crippen molar-refractivity contribution in [3.8, 4) is 0 Å². The summed E-state index contributed by atoms with van der Waals surface area (Å²) in [5.41, 5.74) is 0.354. The Balaban J connectivity index is 3.19. The van der Waals surface area contributed by atoms with Gasteiger partial charge in [0.05, 0.1) is 13.3 Å². The second-order valence-electron chi connectivity index (χ2n) is 2.91. The average molecular weight is 221 g/mol. The highest BCUT2D eigenvalue weighted by Crippen LogP contribution is 1.86. The van der Waals surface area contributed by atoms with Crippen molar-refractivity contribution < 1.29 is 19.4 Å². The minimum absolute atomic E-state index is 0.354. The number of aromatic amines is 1. The molecule has 0 atom stereocenters. The number of nitrogens with zero attached hydrogens (tertiary/aromatic N) is 1. The van der Waals surface area contributed by atoms with E-state index in [-0.39, 0.29) is 0 Å². The van der Waals surface area contributed by atoms with Gasteiger partial charge in [-0.3, -0.25) is 0 Å². The molecule has 16 heavy (non-hydrogen) atoms. The molecule has 1 aromatic rings. The van der Waals surface area contributed by atoms with Gasteiger partial charge in [-0.05, 0) is 6.07 Å². The average Bonchev–Trinajstić information content (AvgIpc) is 2.31. The Morgan fingerprint density at radius 2 is 2.25 bits per heavy atom. The summed E-state index contributed by atoms with van der Waals surface area (Å²) in [7, 11) is 2.77. The van der Waals surface area contributed by atoms with E-state index in [4.69, 9.17) is 0 Å². The zero-order chi connectivity index (χ0) is 12.0. The molecule has 5 nitrogen and oxygen atoms in total. The molecule has 5 heteroatoms. The third kappa shape index (κ3) is 2.91. The zero-order valence-corrected chi connectivity index (χ0v) is 9.19. The molecule has 0 saturated heterocycles. The van der Waals surface area contributed by atoms with Crippen LogP contribution in [0.2, 0.25) is 0 Å². The van der Waals surface area contributed by atoms with Gasteiger partial charge >= 0.3 is 5.97 Å². The van der Waals surface area contributed by atoms with Gasteiger partial charge in [0, 0.05) is 17.4 Å². The van der Waals surface area contributed by atoms with Crippen molar-refractivity contribution in [3.63, 3.8) is 0 Å². The Kier molecular flexibility index (Phi) is 4.20. The van der Waals surface area contributed by atoms with Crippen LogP contribution in [0.15, 0.2) is 17.3 Å². The molecule has 1 rings (SSSR count). The van der Waals surface area contributed by atoms with Crippen LogP contribution in [0.1, 0.15) is 10.5 Å². The number of carbonyl (C=O) groups is 1. The van der Waals surface area contributed by atoms with Crippen molar-refractivity contribution in [3.05, 3.63) is 28.4 Å². The van der Waals surface area contributed by atoms with Crippen molar-refractivity contribution in [2.75, 3.05) is 14.2 Å². The summed E-state index contributed by atoms with van der Waals surface area (Å²) in [5, 5.41) is 4.97. The maximum atomic E-state index is 11.3. The van der Waals surface area contributed by atoms with Crippen molar-refractivity contribution >= 4 is 24.8 Å². The fourth-order valence-corrected chi connectivity index (χ4v) is 1.08. The highest BCUT2D eigenvalue weighted by Gasteiger charge is 2.12. The smallest absolute Gasteiger partial charge is 0.403 e. The van der Waals surface area contributed by atoms with E-state index >= 15 is 0 Å². The van der Waals surface area contributed by atoms with Gasteiger partial charge in [0.2, 0.25) is 5.35 Å². The molecule has 0 amide bonds. The van der Waals surface area contributed by atoms with Gasteiger partial charge in [-0.25, -0.2) is 4.79 Å². The van der Waals surface area contributed by atoms with E-state index in [0.717, 1.165) is 5.22 Å². The predicted octanol–water partition coefficient (Wildman–Crippen LogP) is -0.890. The molecule has 0 bridgehead atoms. The number of aromatic nitrogens is 1. The molecule has 0 aliphatic rings. The summed E-state index contributed by atoms with van der Waals surface area (Å²) < 4.78 is 4.59. The van der Waals surface area contributed by atoms with Crippen LogP contribution in [0.3, 0.4) is 0 Å². The third-order valence-corrected chi connectivity index (χ3v) is 1.88. The normalized spacial score (nSPS) is 11.8. The van der Waals surface area contributed by atoms with E-state index in [9.17, 15) is 4.79 Å². The maximum Gasteiger partial charge on any atom is 0.403 e. The SMILES string of the molecule is C=c1ccc(C(=O)OC)[nH+]/c1=C/C=N/OC. The standard InChI is InChI=1S/C11H12N2O3/c1-8-4-5-10(11(14)15-2)13-9(8)6-7-12-16-3/h4-7H,1H2,2-3H3/p+1/b9-6+,12-7+. The number of nitrogens with one attached hydrogen (secondary N) is 1. The second-order valence-corrected chi connectivity index (χ2v) is 2.91. The lowest BCUT2D eigenvalue weighted by Gasteiger charge is -1.91. The molecule has 0 spiro atoms. The van der Waals surface area contributed by atoms with Crippen LogP contribution in [0, 0.1) is 0 Å². The first-order chi connectivity index (χ1) is 7.69. The van der Waals surface area contributed by atoms with Gasteiger partial charge in [0.15, 0.2) is 0 Å². The Labute approximate surface area is 92.7 Å². The highest BCUT2D eigenvalue weighted by molar-refractivity contribution is 5.90. The number of hydrogen-bond donors (Lipinski definition) is 0. The van der Waals surface area contributed by atoms with E-state index in [0.29, 0.717) is 11.0 Å². The Hall–Kier alpha value is -2.17. The van der Waals surface area contributed by atoms with Crippen LogP contribution in [0.25, 0.3) is 12.7 Å². The predicted molar refractivity (Wildman–Crippen MR) is 59.1 cm³/mol. The number of rotatable bonds is 3. The second kappa shape index (κ2) is 5.65. The topological polar surface area (TPSA) is 62.0 Å². The van der Waals surface area contributed by atoms with Crippen LogP contribution in [0.4, 0.5) is 0 Å². The Morgan fingerprint density at radius 3 is 2.88 bits per heavy atom. The minimum atomic E-state index is -0.432. The molecule has 1 N–H and O–H groups in total. The van der Waals surface area contributed by atoms with Crippen LogP contribution in [-0.4, -0.2) is 26.4 Å². The minimum Gasteiger partial charge on any atom is -0.461 e. The molecule has 0 unspecified atom stereocenters. The van der Waals surface area contributed by atoms with Gasteiger partial charge in [0.25, 0.3) is 5.69 Å². The van der Waals surface area contributed by atoms with E-state index in [1.165, 1.54) is 20.4 Å². The van der Waals surface area contributed by atoms with E-state index in [1.54, 1.807) is 18.2 Å². The first-order valence-corrected chi connectivity index (χ1v) is 4.55. The van der Waals surface area contributed by atoms with Crippen molar-refractivity contribution in [2.45, 2.75) is 0 Å². The Morgan fingerprint density at radius 1 is 1.50 bits per heavy atom. The number of esters is 1. The van der Waals surface area contributed by atoms with Crippen molar-refractivity contribution in [2.24, 2.45) is 5.16 Å². The summed E-state index contributed by atoms with van der Waals surface area (Å²) in [6, 6.07) is 3.33. The summed E-state index contributed by atoms with van der Waals surface area (Å²) in [4.78, 5) is 18.7. The third-order valence-electron chi connectivity index (χ3n) is 1.88. The molecule has 1 aromatic heterocycles. The molecule has 0 fully saturated rings. The van der Waals surface area contributed by atoms with Gasteiger partial charge in [-0.15, -0.1) is 0 Å². The fourth-order valence-electron chi connectivity index (χ4n) is 1.08. The summed E-state index contributed by atoms with van der Waals surface area (Å²) >= 11 is 0. The highest BCUT2D eigenvalue weighted by atomic mass is 16.6. The van der Waals surface area contributed by atoms with Gasteiger partial charge in [-0.1, -0.05) is 11.7 Å². The molecular formula is C11H13N2O3+. The quantitative estimate of drug-likeness (QED) is 0.378. The fraction of sp³-hybridized carbons (Fsp3) is 0.182. The number of carbonyl (C=O) groups excluding carboxylic acids is 1. The lowest BCUT2D eigenvalue weighted by Crippen LogP contribution is -2.44. The van der Waals surface area contributed by atoms with Crippen LogP contribution >= 0.6 is 0 Å². The van der Waals surface area contributed by atoms with E-state index in [1.807, 2.05) is 0 Å². The molecule has 0 radical (unpaired) electrons. The molecule has 84 valence electrons. The van der Waals surface area contributed by atoms with Crippen LogP contribution in [-0.2, 0) is 9.57 Å². The summed E-state index contributed by atoms with van der Waals surface area (Å²) in [6.45, 7) is 3.81. The number of pyridine rings is 1. The first-order valence-electron chi connectivity index (χ1n) is 4.55. The van der Waals surface area contributed by atoms with Crippen LogP contribution in [0.5, 0.6) is 0 Å².